The number of hydrogen-bond acceptors (Lipinski definition) is 6. The molecule has 6 heteroatoms. The number of fused-ring (bicyclic) bond motifs is 1. The fourth-order valence-electron chi connectivity index (χ4n) is 1.97. The Labute approximate surface area is 114 Å². The van der Waals surface area contributed by atoms with Crippen LogP contribution in [0.5, 0.6) is 0 Å². The van der Waals surface area contributed by atoms with Gasteiger partial charge in [-0.05, 0) is 37.1 Å². The van der Waals surface area contributed by atoms with Gasteiger partial charge in [0.25, 0.3) is 5.78 Å². The number of nitrogens with two attached hydrogens (primary N) is 1. The zero-order chi connectivity index (χ0) is 15.0. The molecule has 1 heterocycles. The zero-order valence-electron chi connectivity index (χ0n) is 11.3. The molecule has 6 nitrogen and oxygen atoms in total. The van der Waals surface area contributed by atoms with Gasteiger partial charge in [-0.1, -0.05) is 0 Å². The lowest BCUT2D eigenvalue weighted by molar-refractivity contribution is -0.135. The highest BCUT2D eigenvalue weighted by atomic mass is 16.5. The summed E-state index contributed by atoms with van der Waals surface area (Å²) in [6.07, 6.45) is 0. The van der Waals surface area contributed by atoms with E-state index >= 15 is 0 Å². The van der Waals surface area contributed by atoms with Gasteiger partial charge >= 0.3 is 11.6 Å². The lowest BCUT2D eigenvalue weighted by Gasteiger charge is -2.08. The number of ether oxygens (including phenoxy) is 1. The third-order valence-corrected chi connectivity index (χ3v) is 3.17. The third-order valence-electron chi connectivity index (χ3n) is 3.17. The molecule has 0 aliphatic rings. The van der Waals surface area contributed by atoms with E-state index in [1.54, 1.807) is 19.9 Å². The topological polar surface area (TPSA) is 99.6 Å². The minimum Gasteiger partial charge on any atom is -0.463 e. The molecule has 0 spiro atoms. The second kappa shape index (κ2) is 4.80. The fourth-order valence-corrected chi connectivity index (χ4v) is 1.97. The maximum atomic E-state index is 11.9. The van der Waals surface area contributed by atoms with Gasteiger partial charge in [0.2, 0.25) is 0 Å². The van der Waals surface area contributed by atoms with Crippen molar-refractivity contribution in [2.45, 2.75) is 13.8 Å². The number of benzene rings is 1. The summed E-state index contributed by atoms with van der Waals surface area (Å²) in [5, 5.41) is 0.626. The number of rotatable bonds is 2. The van der Waals surface area contributed by atoms with Crippen LogP contribution in [0.25, 0.3) is 11.0 Å². The van der Waals surface area contributed by atoms with Crippen molar-refractivity contribution in [3.05, 3.63) is 39.2 Å². The van der Waals surface area contributed by atoms with Gasteiger partial charge in [-0.15, -0.1) is 0 Å². The highest BCUT2D eigenvalue weighted by Gasteiger charge is 2.21. The smallest absolute Gasteiger partial charge is 0.379 e. The summed E-state index contributed by atoms with van der Waals surface area (Å²) < 4.78 is 9.45. The number of nitrogen functional groups attached to an aromatic ring is 1. The Morgan fingerprint density at radius 3 is 2.50 bits per heavy atom. The number of carbonyl (C=O) groups is 2. The van der Waals surface area contributed by atoms with Crippen molar-refractivity contribution in [3.63, 3.8) is 0 Å². The number of ketones is 1. The Bertz CT molecular complexity index is 788. The van der Waals surface area contributed by atoms with E-state index in [1.807, 2.05) is 0 Å². The van der Waals surface area contributed by atoms with Crippen molar-refractivity contribution in [2.75, 3.05) is 12.8 Å². The minimum absolute atomic E-state index is 0.0314. The summed E-state index contributed by atoms with van der Waals surface area (Å²) in [7, 11) is 1.13. The van der Waals surface area contributed by atoms with Crippen LogP contribution in [-0.4, -0.2) is 18.9 Å². The highest BCUT2D eigenvalue weighted by molar-refractivity contribution is 6.41. The summed E-state index contributed by atoms with van der Waals surface area (Å²) in [4.78, 5) is 34.7. The van der Waals surface area contributed by atoms with Crippen molar-refractivity contribution in [2.24, 2.45) is 0 Å². The average Bonchev–Trinajstić information content (AvgIpc) is 2.44. The van der Waals surface area contributed by atoms with E-state index in [0.717, 1.165) is 7.11 Å². The Morgan fingerprint density at radius 1 is 1.25 bits per heavy atom. The molecule has 0 fully saturated rings. The van der Waals surface area contributed by atoms with E-state index in [2.05, 4.69) is 4.74 Å². The molecule has 0 aliphatic heterocycles. The zero-order valence-corrected chi connectivity index (χ0v) is 11.3. The van der Waals surface area contributed by atoms with Gasteiger partial charge in [-0.2, -0.15) is 0 Å². The van der Waals surface area contributed by atoms with Crippen LogP contribution in [0, 0.1) is 13.8 Å². The predicted octanol–water partition coefficient (Wildman–Crippen LogP) is 1.35. The molecule has 1 aromatic heterocycles. The molecule has 1 aromatic carbocycles. The number of aryl methyl sites for hydroxylation is 2. The van der Waals surface area contributed by atoms with E-state index in [9.17, 15) is 14.4 Å². The summed E-state index contributed by atoms with van der Waals surface area (Å²) in [6, 6.07) is 3.01. The maximum absolute atomic E-state index is 11.9. The van der Waals surface area contributed by atoms with Crippen LogP contribution in [0.4, 0.5) is 5.69 Å². The Kier molecular flexibility index (Phi) is 3.31. The van der Waals surface area contributed by atoms with Crippen LogP contribution in [0.2, 0.25) is 0 Å². The number of hydrogen-bond donors (Lipinski definition) is 1. The lowest BCUT2D eigenvalue weighted by atomic mass is 10.00. The van der Waals surface area contributed by atoms with E-state index in [1.165, 1.54) is 6.07 Å². The van der Waals surface area contributed by atoms with Crippen molar-refractivity contribution < 1.29 is 18.7 Å². The SMILES string of the molecule is COC(=O)C(=O)c1cc2oc(=O)c(N)c(C)c2cc1C. The van der Waals surface area contributed by atoms with Crippen LogP contribution in [0.15, 0.2) is 21.3 Å². The van der Waals surface area contributed by atoms with Gasteiger partial charge in [0.1, 0.15) is 11.3 Å². The Balaban J connectivity index is 2.76. The summed E-state index contributed by atoms with van der Waals surface area (Å²) >= 11 is 0. The predicted molar refractivity (Wildman–Crippen MR) is 72.7 cm³/mol. The molecule has 0 atom stereocenters. The number of anilines is 1. The standard InChI is InChI=1S/C14H13NO5/c1-6-4-9-7(2)11(15)13(17)20-10(9)5-8(6)12(16)14(18)19-3/h4-5H,15H2,1-3H3. The Morgan fingerprint density at radius 2 is 1.90 bits per heavy atom. The van der Waals surface area contributed by atoms with Crippen molar-refractivity contribution >= 4 is 28.4 Å². The molecule has 2 N–H and O–H groups in total. The minimum atomic E-state index is -0.970. The van der Waals surface area contributed by atoms with Crippen molar-refractivity contribution in [3.8, 4) is 0 Å². The largest absolute Gasteiger partial charge is 0.463 e. The first kappa shape index (κ1) is 13.8. The normalized spacial score (nSPS) is 10.6. The second-order valence-electron chi connectivity index (χ2n) is 4.41. The maximum Gasteiger partial charge on any atom is 0.379 e. The van der Waals surface area contributed by atoms with Gasteiger partial charge in [-0.3, -0.25) is 4.79 Å². The number of Topliss-reactive ketones (excluding diaryl/α,β-unsaturated/α-hetero) is 1. The highest BCUT2D eigenvalue weighted by Crippen LogP contribution is 2.24. The first-order valence-electron chi connectivity index (χ1n) is 5.83. The monoisotopic (exact) mass is 275 g/mol. The van der Waals surface area contributed by atoms with Gasteiger partial charge in [0, 0.05) is 10.9 Å². The summed E-state index contributed by atoms with van der Waals surface area (Å²) in [5.74, 6) is -1.76. The second-order valence-corrected chi connectivity index (χ2v) is 4.41. The molecule has 2 aromatic rings. The average molecular weight is 275 g/mol. The molecular weight excluding hydrogens is 262 g/mol. The van der Waals surface area contributed by atoms with E-state index < -0.39 is 17.4 Å². The van der Waals surface area contributed by atoms with Gasteiger partial charge in [0.15, 0.2) is 0 Å². The lowest BCUT2D eigenvalue weighted by Crippen LogP contribution is -2.17. The molecule has 0 radical (unpaired) electrons. The Hall–Kier alpha value is -2.63. The fraction of sp³-hybridized carbons (Fsp3) is 0.214. The third kappa shape index (κ3) is 2.05. The van der Waals surface area contributed by atoms with Crippen LogP contribution in [0.3, 0.4) is 0 Å². The van der Waals surface area contributed by atoms with Crippen LogP contribution in [-0.2, 0) is 9.53 Å². The van der Waals surface area contributed by atoms with Crippen molar-refractivity contribution in [1.82, 2.24) is 0 Å². The molecular formula is C14H13NO5. The van der Waals surface area contributed by atoms with Gasteiger partial charge in [-0.25, -0.2) is 9.59 Å². The van der Waals surface area contributed by atoms with E-state index in [0.29, 0.717) is 16.5 Å². The number of methoxy groups -OCH3 is 1. The molecule has 0 saturated heterocycles. The first-order chi connectivity index (χ1) is 9.36. The molecule has 0 amide bonds. The van der Waals surface area contributed by atoms with E-state index in [-0.39, 0.29) is 16.8 Å². The van der Waals surface area contributed by atoms with Crippen LogP contribution >= 0.6 is 0 Å². The molecule has 0 aliphatic carbocycles. The van der Waals surface area contributed by atoms with Gasteiger partial charge in [0.05, 0.1) is 7.11 Å². The first-order valence-corrected chi connectivity index (χ1v) is 5.83. The summed E-state index contributed by atoms with van der Waals surface area (Å²) in [5.41, 5.74) is 6.48. The molecule has 0 unspecified atom stereocenters. The molecule has 104 valence electrons. The molecule has 0 bridgehead atoms. The molecule has 2 rings (SSSR count). The molecule has 0 saturated carbocycles. The van der Waals surface area contributed by atoms with Crippen LogP contribution in [0.1, 0.15) is 21.5 Å². The summed E-state index contributed by atoms with van der Waals surface area (Å²) in [6.45, 7) is 3.37. The molecule has 20 heavy (non-hydrogen) atoms. The number of carbonyl (C=O) groups excluding carboxylic acids is 2. The van der Waals surface area contributed by atoms with Crippen LogP contribution < -0.4 is 11.4 Å². The quantitative estimate of drug-likeness (QED) is 0.384. The van der Waals surface area contributed by atoms with Crippen molar-refractivity contribution in [1.29, 1.82) is 0 Å². The van der Waals surface area contributed by atoms with E-state index in [4.69, 9.17) is 10.2 Å². The van der Waals surface area contributed by atoms with Gasteiger partial charge < -0.3 is 14.9 Å². The number of esters is 1.